The lowest BCUT2D eigenvalue weighted by Gasteiger charge is -2.16. The smallest absolute Gasteiger partial charge is 0.275 e. The number of hydrazone groups is 1. The number of hydrogen-bond acceptors (Lipinski definition) is 6. The van der Waals surface area contributed by atoms with Crippen LogP contribution in [0, 0.1) is 22.7 Å². The molecule has 0 saturated heterocycles. The number of nitrogens with one attached hydrogen (secondary N) is 1. The van der Waals surface area contributed by atoms with Crippen molar-refractivity contribution >= 4 is 40.6 Å². The maximum atomic E-state index is 13.5. The van der Waals surface area contributed by atoms with E-state index in [0.29, 0.717) is 21.2 Å². The Hall–Kier alpha value is -4.17. The van der Waals surface area contributed by atoms with E-state index < -0.39 is 23.5 Å². The highest BCUT2D eigenvalue weighted by Gasteiger charge is 2.32. The van der Waals surface area contributed by atoms with Crippen LogP contribution < -0.4 is 5.43 Å². The van der Waals surface area contributed by atoms with Crippen molar-refractivity contribution in [1.82, 2.24) is 5.43 Å². The monoisotopic (exact) mass is 490 g/mol. The van der Waals surface area contributed by atoms with Gasteiger partial charge in [0.05, 0.1) is 17.7 Å². The summed E-state index contributed by atoms with van der Waals surface area (Å²) in [6.45, 7) is 0. The van der Waals surface area contributed by atoms with Crippen LogP contribution in [0.2, 0.25) is 10.0 Å². The Morgan fingerprint density at radius 3 is 1.82 bits per heavy atom. The number of hydrogen-bond donors (Lipinski definition) is 2. The van der Waals surface area contributed by atoms with Crippen LogP contribution in [0.25, 0.3) is 0 Å². The van der Waals surface area contributed by atoms with Gasteiger partial charge in [0.1, 0.15) is 23.3 Å². The number of carbonyl (C=O) groups excluding carboxylic acids is 2. The summed E-state index contributed by atoms with van der Waals surface area (Å²) in [6, 6.07) is 22.0. The van der Waals surface area contributed by atoms with E-state index >= 15 is 0 Å². The highest BCUT2D eigenvalue weighted by Crippen LogP contribution is 2.26. The van der Waals surface area contributed by atoms with Crippen molar-refractivity contribution in [1.29, 1.82) is 10.5 Å². The molecule has 1 amide bonds. The molecule has 0 radical (unpaired) electrons. The van der Waals surface area contributed by atoms with Gasteiger partial charge in [0.25, 0.3) is 5.91 Å². The molecule has 34 heavy (non-hydrogen) atoms. The number of amides is 1. The van der Waals surface area contributed by atoms with E-state index in [9.17, 15) is 25.2 Å². The van der Waals surface area contributed by atoms with Crippen molar-refractivity contribution in [3.05, 3.63) is 99.5 Å². The second-order valence-electron chi connectivity index (χ2n) is 7.05. The van der Waals surface area contributed by atoms with Crippen molar-refractivity contribution < 1.29 is 14.7 Å². The van der Waals surface area contributed by atoms with E-state index in [-0.39, 0.29) is 17.0 Å². The van der Waals surface area contributed by atoms with E-state index in [1.807, 2.05) is 12.1 Å². The number of carbonyl (C=O) groups is 2. The molecule has 7 nitrogen and oxygen atoms in total. The third-order valence-corrected chi connectivity index (χ3v) is 5.38. The first kappa shape index (κ1) is 24.5. The Morgan fingerprint density at radius 2 is 1.32 bits per heavy atom. The molecule has 3 aromatic carbocycles. The van der Waals surface area contributed by atoms with Crippen LogP contribution in [0.1, 0.15) is 33.3 Å². The van der Waals surface area contributed by atoms with Crippen molar-refractivity contribution in [3.63, 3.8) is 0 Å². The van der Waals surface area contributed by atoms with Gasteiger partial charge in [-0.15, -0.1) is 0 Å². The summed E-state index contributed by atoms with van der Waals surface area (Å²) in [7, 11) is 0. The number of para-hydroxylation sites is 1. The molecule has 0 aromatic heterocycles. The van der Waals surface area contributed by atoms with Gasteiger partial charge < -0.3 is 5.11 Å². The zero-order valence-corrected chi connectivity index (χ0v) is 19.0. The molecule has 3 aromatic rings. The van der Waals surface area contributed by atoms with Crippen molar-refractivity contribution in [3.8, 4) is 17.9 Å². The standard InChI is InChI=1S/C25H16Cl2N4O3/c26-17-9-5-15(6-10-17)20(13-28)23(30-31-25(34)19-3-1-2-4-22(19)32)24(33)21(14-29)16-7-11-18(27)12-8-16/h1-12,20-21,32H,(H,31,34)/b30-23+/t20-,21+/m1/s1. The fourth-order valence-corrected chi connectivity index (χ4v) is 3.39. The number of phenols is 1. The van der Waals surface area contributed by atoms with Crippen molar-refractivity contribution in [2.45, 2.75) is 11.8 Å². The Bertz CT molecular complexity index is 1320. The third kappa shape index (κ3) is 5.60. The first-order valence-electron chi connectivity index (χ1n) is 9.86. The molecule has 2 atom stereocenters. The number of nitrogens with zero attached hydrogens (tertiary/aromatic N) is 3. The van der Waals surface area contributed by atoms with Gasteiger partial charge in [-0.25, -0.2) is 5.43 Å². The highest BCUT2D eigenvalue weighted by atomic mass is 35.5. The molecule has 3 rings (SSSR count). The van der Waals surface area contributed by atoms with Gasteiger partial charge in [-0.05, 0) is 47.5 Å². The second kappa shape index (κ2) is 11.1. The van der Waals surface area contributed by atoms with Gasteiger partial charge in [-0.3, -0.25) is 9.59 Å². The van der Waals surface area contributed by atoms with Crippen LogP contribution in [0.3, 0.4) is 0 Å². The number of Topliss-reactive ketones (excluding diaryl/α,β-unsaturated/α-hetero) is 1. The van der Waals surface area contributed by atoms with Crippen molar-refractivity contribution in [2.75, 3.05) is 0 Å². The second-order valence-corrected chi connectivity index (χ2v) is 7.92. The van der Waals surface area contributed by atoms with Crippen LogP contribution in [0.5, 0.6) is 5.75 Å². The number of aromatic hydroxyl groups is 1. The Labute approximate surface area is 205 Å². The summed E-state index contributed by atoms with van der Waals surface area (Å²) in [5.41, 5.74) is 2.53. The molecule has 0 aliphatic rings. The zero-order valence-electron chi connectivity index (χ0n) is 17.4. The number of rotatable bonds is 7. The van der Waals surface area contributed by atoms with Crippen LogP contribution >= 0.6 is 23.2 Å². The molecule has 0 saturated carbocycles. The van der Waals surface area contributed by atoms with Crippen LogP contribution in [-0.4, -0.2) is 22.5 Å². The Kier molecular flexibility index (Phi) is 8.00. The summed E-state index contributed by atoms with van der Waals surface area (Å²) in [5.74, 6) is -4.37. The van der Waals surface area contributed by atoms with E-state index in [1.165, 1.54) is 36.4 Å². The molecule has 0 aliphatic carbocycles. The first-order chi connectivity index (χ1) is 16.3. The van der Waals surface area contributed by atoms with Gasteiger partial charge in [-0.2, -0.15) is 15.6 Å². The molecule has 0 heterocycles. The number of phenolic OH excluding ortho intramolecular Hbond substituents is 1. The van der Waals surface area contributed by atoms with Gasteiger partial charge in [0.2, 0.25) is 5.78 Å². The highest BCUT2D eigenvalue weighted by molar-refractivity contribution is 6.45. The summed E-state index contributed by atoms with van der Waals surface area (Å²) in [4.78, 5) is 26.0. The number of halogens is 2. The lowest BCUT2D eigenvalue weighted by Crippen LogP contribution is -2.31. The lowest BCUT2D eigenvalue weighted by molar-refractivity contribution is -0.113. The Morgan fingerprint density at radius 1 is 0.824 bits per heavy atom. The first-order valence-corrected chi connectivity index (χ1v) is 10.6. The normalized spacial score (nSPS) is 12.6. The molecule has 0 aliphatic heterocycles. The summed E-state index contributed by atoms with van der Waals surface area (Å²) in [6.07, 6.45) is 0. The SMILES string of the molecule is N#C[C@H](C(=O)/C(=N/NC(=O)c1ccccc1O)[C@H](C#N)c1ccc(Cl)cc1)c1ccc(Cl)cc1. The van der Waals surface area contributed by atoms with Gasteiger partial charge in [-0.1, -0.05) is 59.6 Å². The summed E-state index contributed by atoms with van der Waals surface area (Å²) >= 11 is 11.8. The molecule has 0 bridgehead atoms. The van der Waals surface area contributed by atoms with E-state index in [2.05, 4.69) is 10.5 Å². The van der Waals surface area contributed by atoms with E-state index in [1.54, 1.807) is 36.4 Å². The topological polar surface area (TPSA) is 126 Å². The van der Waals surface area contributed by atoms with Gasteiger partial charge in [0.15, 0.2) is 0 Å². The lowest BCUT2D eigenvalue weighted by atomic mass is 9.86. The molecule has 9 heteroatoms. The average Bonchev–Trinajstić information content (AvgIpc) is 2.84. The molecule has 168 valence electrons. The van der Waals surface area contributed by atoms with Crippen LogP contribution in [0.4, 0.5) is 0 Å². The maximum absolute atomic E-state index is 13.5. The summed E-state index contributed by atoms with van der Waals surface area (Å²) < 4.78 is 0. The average molecular weight is 491 g/mol. The molecular weight excluding hydrogens is 475 g/mol. The van der Waals surface area contributed by atoms with Gasteiger partial charge >= 0.3 is 0 Å². The van der Waals surface area contributed by atoms with E-state index in [0.717, 1.165) is 0 Å². The minimum Gasteiger partial charge on any atom is -0.507 e. The zero-order chi connectivity index (χ0) is 24.7. The maximum Gasteiger partial charge on any atom is 0.275 e. The minimum atomic E-state index is -1.30. The van der Waals surface area contributed by atoms with Crippen LogP contribution in [-0.2, 0) is 4.79 Å². The largest absolute Gasteiger partial charge is 0.507 e. The number of nitriles is 2. The number of ketones is 1. The molecule has 0 unspecified atom stereocenters. The predicted molar refractivity (Wildman–Crippen MR) is 128 cm³/mol. The fraction of sp³-hybridized carbons (Fsp3) is 0.0800. The predicted octanol–water partition coefficient (Wildman–Crippen LogP) is 4.97. The summed E-state index contributed by atoms with van der Waals surface area (Å²) in [5, 5.41) is 34.3. The molecular formula is C25H16Cl2N4O3. The molecule has 2 N–H and O–H groups in total. The van der Waals surface area contributed by atoms with E-state index in [4.69, 9.17) is 23.2 Å². The van der Waals surface area contributed by atoms with Crippen molar-refractivity contribution in [2.24, 2.45) is 5.10 Å². The fourth-order valence-electron chi connectivity index (χ4n) is 3.14. The molecule has 0 fully saturated rings. The van der Waals surface area contributed by atoms with Gasteiger partial charge in [0, 0.05) is 10.0 Å². The molecule has 0 spiro atoms. The third-order valence-electron chi connectivity index (χ3n) is 4.88. The van der Waals surface area contributed by atoms with Crippen LogP contribution in [0.15, 0.2) is 77.9 Å². The quantitative estimate of drug-likeness (QED) is 0.357. The number of benzene rings is 3. The Balaban J connectivity index is 2.04. The minimum absolute atomic E-state index is 0.0763.